The number of amides is 1. The quantitative estimate of drug-likeness (QED) is 0.605. The number of nitrogens with one attached hydrogen (secondary N) is 2. The van der Waals surface area contributed by atoms with Gasteiger partial charge in [0.15, 0.2) is 0 Å². The lowest BCUT2D eigenvalue weighted by Gasteiger charge is -2.14. The molecule has 1 unspecified atom stereocenters. The Bertz CT molecular complexity index is 805. The highest BCUT2D eigenvalue weighted by atomic mass is 35.5. The van der Waals surface area contributed by atoms with Crippen LogP contribution in [-0.4, -0.2) is 38.2 Å². The first-order valence-corrected chi connectivity index (χ1v) is 9.16. The van der Waals surface area contributed by atoms with Crippen LogP contribution in [0.15, 0.2) is 53.5 Å². The molecule has 1 fully saturated rings. The zero-order valence-electron chi connectivity index (χ0n) is 15.1. The van der Waals surface area contributed by atoms with Crippen molar-refractivity contribution in [2.45, 2.75) is 18.9 Å². The Labute approximate surface area is 163 Å². The summed E-state index contributed by atoms with van der Waals surface area (Å²) < 4.78 is 10.8. The molecule has 2 N–H and O–H groups in total. The molecule has 3 rings (SSSR count). The van der Waals surface area contributed by atoms with Crippen molar-refractivity contribution in [1.29, 1.82) is 0 Å². The maximum atomic E-state index is 12.5. The second-order valence-corrected chi connectivity index (χ2v) is 6.53. The summed E-state index contributed by atoms with van der Waals surface area (Å²) in [5.41, 5.74) is 1.25. The number of benzene rings is 2. The van der Waals surface area contributed by atoms with E-state index in [0.717, 1.165) is 19.4 Å². The summed E-state index contributed by atoms with van der Waals surface area (Å²) in [5, 5.41) is 6.41. The Morgan fingerprint density at radius 3 is 2.78 bits per heavy atom. The van der Waals surface area contributed by atoms with Crippen molar-refractivity contribution in [3.05, 3.63) is 59.1 Å². The van der Waals surface area contributed by atoms with Gasteiger partial charge in [0.05, 0.1) is 24.8 Å². The Balaban J connectivity index is 1.75. The molecule has 142 valence electrons. The minimum Gasteiger partial charge on any atom is -0.495 e. The molecule has 1 heterocycles. The van der Waals surface area contributed by atoms with E-state index in [9.17, 15) is 4.79 Å². The standard InChI is InChI=1S/C20H22ClN3O3/c1-26-18-10-9-15(12-17(18)21)23-20(22-13-16-8-5-11-27-16)24-19(25)14-6-3-2-4-7-14/h2-4,6-7,9-10,12,16H,5,8,11,13H2,1H3,(H2,22,23,24,25). The number of rotatable bonds is 5. The van der Waals surface area contributed by atoms with Crippen LogP contribution < -0.4 is 15.4 Å². The molecule has 7 heteroatoms. The second kappa shape index (κ2) is 9.39. The van der Waals surface area contributed by atoms with E-state index >= 15 is 0 Å². The molecule has 0 spiro atoms. The number of carbonyl (C=O) groups is 1. The van der Waals surface area contributed by atoms with E-state index in [1.54, 1.807) is 37.4 Å². The summed E-state index contributed by atoms with van der Waals surface area (Å²) >= 11 is 6.18. The number of nitrogens with zero attached hydrogens (tertiary/aromatic N) is 1. The van der Waals surface area contributed by atoms with Crippen molar-refractivity contribution in [2.75, 3.05) is 25.6 Å². The number of hydrogen-bond donors (Lipinski definition) is 2. The minimum atomic E-state index is -0.242. The maximum absolute atomic E-state index is 12.5. The number of anilines is 1. The first-order chi connectivity index (χ1) is 13.2. The number of halogens is 1. The summed E-state index contributed by atoms with van der Waals surface area (Å²) in [6, 6.07) is 14.3. The van der Waals surface area contributed by atoms with Crippen LogP contribution in [0.5, 0.6) is 5.75 Å². The highest BCUT2D eigenvalue weighted by Gasteiger charge is 2.16. The molecule has 1 amide bonds. The molecular formula is C20H22ClN3O3. The van der Waals surface area contributed by atoms with Crippen molar-refractivity contribution < 1.29 is 14.3 Å². The average Bonchev–Trinajstić information content (AvgIpc) is 3.20. The van der Waals surface area contributed by atoms with E-state index in [-0.39, 0.29) is 12.0 Å². The minimum absolute atomic E-state index is 0.0786. The molecule has 0 radical (unpaired) electrons. The molecule has 1 atom stereocenters. The van der Waals surface area contributed by atoms with E-state index in [1.165, 1.54) is 0 Å². The summed E-state index contributed by atoms with van der Waals surface area (Å²) in [6.07, 6.45) is 2.08. The number of aliphatic imine (C=N–C) groups is 1. The topological polar surface area (TPSA) is 71.9 Å². The molecule has 1 aliphatic rings. The molecule has 0 saturated carbocycles. The monoisotopic (exact) mass is 387 g/mol. The van der Waals surface area contributed by atoms with Crippen molar-refractivity contribution in [3.8, 4) is 5.75 Å². The van der Waals surface area contributed by atoms with Gasteiger partial charge in [-0.2, -0.15) is 0 Å². The third kappa shape index (κ3) is 5.45. The van der Waals surface area contributed by atoms with Crippen LogP contribution in [0.25, 0.3) is 0 Å². The fourth-order valence-electron chi connectivity index (χ4n) is 2.74. The summed E-state index contributed by atoms with van der Waals surface area (Å²) in [5.74, 6) is 0.683. The van der Waals surface area contributed by atoms with Crippen LogP contribution in [0.3, 0.4) is 0 Å². The first-order valence-electron chi connectivity index (χ1n) is 8.78. The molecule has 6 nitrogen and oxygen atoms in total. The normalized spacial score (nSPS) is 16.8. The SMILES string of the molecule is COc1ccc(NC(=NCC2CCCO2)NC(=O)c2ccccc2)cc1Cl. The number of guanidine groups is 1. The van der Waals surface area contributed by atoms with Crippen molar-refractivity contribution >= 4 is 29.2 Å². The van der Waals surface area contributed by atoms with Crippen LogP contribution >= 0.6 is 11.6 Å². The van der Waals surface area contributed by atoms with Gasteiger partial charge in [-0.05, 0) is 43.2 Å². The predicted octanol–water partition coefficient (Wildman–Crippen LogP) is 3.73. The number of hydrogen-bond acceptors (Lipinski definition) is 4. The molecule has 1 aliphatic heterocycles. The van der Waals surface area contributed by atoms with Crippen LogP contribution in [0.2, 0.25) is 5.02 Å². The number of methoxy groups -OCH3 is 1. The van der Waals surface area contributed by atoms with Gasteiger partial charge in [0, 0.05) is 17.9 Å². The van der Waals surface area contributed by atoms with Gasteiger partial charge in [-0.3, -0.25) is 10.1 Å². The fourth-order valence-corrected chi connectivity index (χ4v) is 3.00. The Morgan fingerprint density at radius 2 is 2.11 bits per heavy atom. The zero-order valence-corrected chi connectivity index (χ0v) is 15.8. The molecule has 2 aromatic carbocycles. The summed E-state index contributed by atoms with van der Waals surface area (Å²) in [7, 11) is 1.56. The fraction of sp³-hybridized carbons (Fsp3) is 0.300. The summed E-state index contributed by atoms with van der Waals surface area (Å²) in [4.78, 5) is 17.0. The van der Waals surface area contributed by atoms with Gasteiger partial charge in [-0.25, -0.2) is 4.99 Å². The van der Waals surface area contributed by atoms with Gasteiger partial charge in [-0.1, -0.05) is 29.8 Å². The van der Waals surface area contributed by atoms with Gasteiger partial charge in [0.1, 0.15) is 5.75 Å². The van der Waals surface area contributed by atoms with Gasteiger partial charge in [0.25, 0.3) is 5.91 Å². The lowest BCUT2D eigenvalue weighted by atomic mass is 10.2. The smallest absolute Gasteiger partial charge is 0.257 e. The Hall–Kier alpha value is -2.57. The van der Waals surface area contributed by atoms with Gasteiger partial charge in [0.2, 0.25) is 5.96 Å². The first kappa shape index (κ1) is 19.2. The molecule has 1 saturated heterocycles. The largest absolute Gasteiger partial charge is 0.495 e. The lowest BCUT2D eigenvalue weighted by molar-refractivity contribution is 0.0975. The molecule has 0 aliphatic carbocycles. The lowest BCUT2D eigenvalue weighted by Crippen LogP contribution is -2.36. The molecule has 27 heavy (non-hydrogen) atoms. The molecular weight excluding hydrogens is 366 g/mol. The van der Waals surface area contributed by atoms with Gasteiger partial charge < -0.3 is 14.8 Å². The van der Waals surface area contributed by atoms with E-state index in [4.69, 9.17) is 21.1 Å². The van der Waals surface area contributed by atoms with Crippen LogP contribution in [0.1, 0.15) is 23.2 Å². The highest BCUT2D eigenvalue weighted by molar-refractivity contribution is 6.32. The zero-order chi connectivity index (χ0) is 19.1. The summed E-state index contributed by atoms with van der Waals surface area (Å²) in [6.45, 7) is 1.23. The molecule has 0 aromatic heterocycles. The highest BCUT2D eigenvalue weighted by Crippen LogP contribution is 2.27. The van der Waals surface area contributed by atoms with Crippen LogP contribution in [0, 0.1) is 0 Å². The second-order valence-electron chi connectivity index (χ2n) is 6.12. The number of carbonyl (C=O) groups excluding carboxylic acids is 1. The van der Waals surface area contributed by atoms with Crippen molar-refractivity contribution in [2.24, 2.45) is 4.99 Å². The van der Waals surface area contributed by atoms with E-state index < -0.39 is 0 Å². The van der Waals surface area contributed by atoms with Crippen LogP contribution in [0.4, 0.5) is 5.69 Å². The predicted molar refractivity (Wildman–Crippen MR) is 107 cm³/mol. The molecule has 2 aromatic rings. The van der Waals surface area contributed by atoms with Crippen molar-refractivity contribution in [1.82, 2.24) is 5.32 Å². The van der Waals surface area contributed by atoms with Crippen LogP contribution in [-0.2, 0) is 4.74 Å². The average molecular weight is 388 g/mol. The third-order valence-electron chi connectivity index (χ3n) is 4.16. The van der Waals surface area contributed by atoms with E-state index in [2.05, 4.69) is 15.6 Å². The van der Waals surface area contributed by atoms with E-state index in [0.29, 0.717) is 34.5 Å². The number of ether oxygens (including phenoxy) is 2. The molecule has 0 bridgehead atoms. The maximum Gasteiger partial charge on any atom is 0.257 e. The Kier molecular flexibility index (Phi) is 6.68. The van der Waals surface area contributed by atoms with Crippen molar-refractivity contribution in [3.63, 3.8) is 0 Å². The van der Waals surface area contributed by atoms with Gasteiger partial charge >= 0.3 is 0 Å². The van der Waals surface area contributed by atoms with Gasteiger partial charge in [-0.15, -0.1) is 0 Å². The third-order valence-corrected chi connectivity index (χ3v) is 4.45. The Morgan fingerprint density at radius 1 is 1.30 bits per heavy atom. The van der Waals surface area contributed by atoms with E-state index in [1.807, 2.05) is 18.2 Å².